The van der Waals surface area contributed by atoms with Crippen LogP contribution >= 0.6 is 24.0 Å². The van der Waals surface area contributed by atoms with Crippen LogP contribution in [0.1, 0.15) is 0 Å². The summed E-state index contributed by atoms with van der Waals surface area (Å²) >= 11 is 5.99. The fourth-order valence-electron chi connectivity index (χ4n) is 0.452. The molecule has 1 N–H and O–H groups in total. The zero-order chi connectivity index (χ0) is 6.91. The van der Waals surface area contributed by atoms with Crippen molar-refractivity contribution in [3.63, 3.8) is 0 Å². The Hall–Kier alpha value is 0.190. The Balaban J connectivity index is 2.73. The molecular formula is C3H5NO2S3. The largest absolute Gasteiger partial charge is 0.268 e. The summed E-state index contributed by atoms with van der Waals surface area (Å²) in [6.45, 7) is 0. The highest BCUT2D eigenvalue weighted by Crippen LogP contribution is 2.09. The molecule has 1 fully saturated rings. The first-order valence-corrected chi connectivity index (χ1v) is 5.32. The summed E-state index contributed by atoms with van der Waals surface area (Å²) in [6, 6.07) is 0. The molecule has 1 heterocycles. The summed E-state index contributed by atoms with van der Waals surface area (Å²) in [5.41, 5.74) is 0. The number of sulfonamides is 1. The Morgan fingerprint density at radius 3 is 2.67 bits per heavy atom. The third kappa shape index (κ3) is 2.11. The zero-order valence-corrected chi connectivity index (χ0v) is 6.90. The average Bonchev–Trinajstić information content (AvgIpc) is 1.60. The molecule has 0 aliphatic carbocycles. The summed E-state index contributed by atoms with van der Waals surface area (Å²) in [5.74, 6) is 0.756. The smallest absolute Gasteiger partial charge is 0.234 e. The standard InChI is InChI=1S/C3H5NO2S3/c5-9(6)2-1-8-3(7)4-9/h1-2H2,(H,4,7). The van der Waals surface area contributed by atoms with Crippen molar-refractivity contribution in [1.82, 2.24) is 4.72 Å². The molecule has 0 aromatic heterocycles. The molecule has 0 aromatic rings. The number of hydrogen-bond acceptors (Lipinski definition) is 4. The van der Waals surface area contributed by atoms with Gasteiger partial charge in [0.05, 0.1) is 5.75 Å². The molecule has 0 amide bonds. The van der Waals surface area contributed by atoms with Crippen LogP contribution in [0.15, 0.2) is 0 Å². The molecule has 1 rings (SSSR count). The molecule has 6 heteroatoms. The first-order valence-electron chi connectivity index (χ1n) is 2.27. The molecular weight excluding hydrogens is 178 g/mol. The van der Waals surface area contributed by atoms with Gasteiger partial charge in [-0.2, -0.15) is 0 Å². The lowest BCUT2D eigenvalue weighted by molar-refractivity contribution is 0.594. The van der Waals surface area contributed by atoms with Crippen molar-refractivity contribution in [2.24, 2.45) is 0 Å². The third-order valence-corrected chi connectivity index (χ3v) is 3.83. The summed E-state index contributed by atoms with van der Waals surface area (Å²) in [4.78, 5) is 0. The van der Waals surface area contributed by atoms with E-state index in [2.05, 4.69) is 16.9 Å². The van der Waals surface area contributed by atoms with Crippen molar-refractivity contribution >= 4 is 38.3 Å². The van der Waals surface area contributed by atoms with E-state index >= 15 is 0 Å². The van der Waals surface area contributed by atoms with E-state index in [1.165, 1.54) is 11.8 Å². The Morgan fingerprint density at radius 1 is 1.67 bits per heavy atom. The molecule has 52 valence electrons. The monoisotopic (exact) mass is 183 g/mol. The van der Waals surface area contributed by atoms with Gasteiger partial charge in [-0.3, -0.25) is 4.72 Å². The van der Waals surface area contributed by atoms with Gasteiger partial charge in [0.1, 0.15) is 4.32 Å². The van der Waals surface area contributed by atoms with Crippen LogP contribution in [0, 0.1) is 0 Å². The van der Waals surface area contributed by atoms with Gasteiger partial charge >= 0.3 is 0 Å². The van der Waals surface area contributed by atoms with Crippen molar-refractivity contribution in [2.75, 3.05) is 11.5 Å². The van der Waals surface area contributed by atoms with Gasteiger partial charge < -0.3 is 0 Å². The Bertz CT molecular complexity index is 219. The SMILES string of the molecule is O=S1(=O)CCSC(=S)N1. The summed E-state index contributed by atoms with van der Waals surface area (Å²) in [5, 5.41) is 0. The van der Waals surface area contributed by atoms with Crippen LogP contribution in [-0.2, 0) is 10.0 Å². The molecule has 1 saturated heterocycles. The molecule has 1 aliphatic rings. The summed E-state index contributed by atoms with van der Waals surface area (Å²) < 4.78 is 23.9. The number of thiocarbonyl (C=S) groups is 1. The summed E-state index contributed by atoms with van der Waals surface area (Å²) in [7, 11) is -3.04. The highest BCUT2D eigenvalue weighted by molar-refractivity contribution is 8.25. The zero-order valence-electron chi connectivity index (χ0n) is 4.46. The maximum Gasteiger partial charge on any atom is 0.234 e. The van der Waals surface area contributed by atoms with Crippen molar-refractivity contribution in [1.29, 1.82) is 0 Å². The van der Waals surface area contributed by atoms with Crippen LogP contribution in [0.4, 0.5) is 0 Å². The number of nitrogens with one attached hydrogen (secondary N) is 1. The quantitative estimate of drug-likeness (QED) is 0.534. The van der Waals surface area contributed by atoms with Crippen LogP contribution in [0.25, 0.3) is 0 Å². The van der Waals surface area contributed by atoms with Crippen LogP contribution in [-0.4, -0.2) is 24.2 Å². The van der Waals surface area contributed by atoms with Crippen LogP contribution in [0.2, 0.25) is 0 Å². The maximum atomic E-state index is 10.6. The normalized spacial score (nSPS) is 25.1. The fourth-order valence-corrected chi connectivity index (χ4v) is 3.45. The predicted molar refractivity (Wildman–Crippen MR) is 42.0 cm³/mol. The van der Waals surface area contributed by atoms with E-state index in [1.54, 1.807) is 0 Å². The second-order valence-electron chi connectivity index (χ2n) is 1.56. The molecule has 0 aromatic carbocycles. The van der Waals surface area contributed by atoms with Gasteiger partial charge in [0.25, 0.3) is 0 Å². The maximum absolute atomic E-state index is 10.6. The Morgan fingerprint density at radius 2 is 2.33 bits per heavy atom. The van der Waals surface area contributed by atoms with Gasteiger partial charge in [-0.1, -0.05) is 24.0 Å². The van der Waals surface area contributed by atoms with Gasteiger partial charge in [-0.25, -0.2) is 8.42 Å². The molecule has 0 unspecified atom stereocenters. The first-order chi connectivity index (χ1) is 4.10. The lowest BCUT2D eigenvalue weighted by Crippen LogP contribution is -2.34. The van der Waals surface area contributed by atoms with E-state index < -0.39 is 10.0 Å². The van der Waals surface area contributed by atoms with Gasteiger partial charge in [0, 0.05) is 5.75 Å². The number of rotatable bonds is 0. The highest BCUT2D eigenvalue weighted by Gasteiger charge is 2.17. The topological polar surface area (TPSA) is 46.2 Å². The van der Waals surface area contributed by atoms with Gasteiger partial charge in [0.2, 0.25) is 10.0 Å². The van der Waals surface area contributed by atoms with E-state index in [4.69, 9.17) is 0 Å². The molecule has 0 atom stereocenters. The van der Waals surface area contributed by atoms with E-state index in [9.17, 15) is 8.42 Å². The molecule has 0 spiro atoms. The second-order valence-corrected chi connectivity index (χ2v) is 5.17. The van der Waals surface area contributed by atoms with Crippen molar-refractivity contribution in [3.8, 4) is 0 Å². The minimum Gasteiger partial charge on any atom is -0.268 e. The second kappa shape index (κ2) is 2.43. The average molecular weight is 183 g/mol. The van der Waals surface area contributed by atoms with Crippen molar-refractivity contribution in [2.45, 2.75) is 0 Å². The van der Waals surface area contributed by atoms with Gasteiger partial charge in [-0.05, 0) is 0 Å². The van der Waals surface area contributed by atoms with Gasteiger partial charge in [-0.15, -0.1) is 0 Å². The van der Waals surface area contributed by atoms with E-state index in [1.807, 2.05) is 0 Å². The van der Waals surface area contributed by atoms with Gasteiger partial charge in [0.15, 0.2) is 0 Å². The van der Waals surface area contributed by atoms with Crippen LogP contribution in [0.5, 0.6) is 0 Å². The van der Waals surface area contributed by atoms with E-state index in [0.29, 0.717) is 10.1 Å². The lowest BCUT2D eigenvalue weighted by Gasteiger charge is -2.12. The van der Waals surface area contributed by atoms with E-state index in [-0.39, 0.29) is 5.75 Å². The fraction of sp³-hybridized carbons (Fsp3) is 0.667. The minimum absolute atomic E-state index is 0.178. The van der Waals surface area contributed by atoms with E-state index in [0.717, 1.165) is 0 Å². The molecule has 0 radical (unpaired) electrons. The van der Waals surface area contributed by atoms with Crippen LogP contribution < -0.4 is 4.72 Å². The number of hydrogen-bond donors (Lipinski definition) is 1. The number of thioether (sulfide) groups is 1. The predicted octanol–water partition coefficient (Wildman–Crippen LogP) is -0.0625. The molecule has 0 saturated carbocycles. The minimum atomic E-state index is -3.04. The molecule has 9 heavy (non-hydrogen) atoms. The molecule has 1 aliphatic heterocycles. The molecule has 3 nitrogen and oxygen atoms in total. The Kier molecular flexibility index (Phi) is 1.97. The first kappa shape index (κ1) is 7.30. The van der Waals surface area contributed by atoms with Crippen molar-refractivity contribution < 1.29 is 8.42 Å². The summed E-state index contributed by atoms with van der Waals surface area (Å²) in [6.07, 6.45) is 0. The van der Waals surface area contributed by atoms with Crippen LogP contribution in [0.3, 0.4) is 0 Å². The highest BCUT2D eigenvalue weighted by atomic mass is 32.2. The molecule has 0 bridgehead atoms. The third-order valence-electron chi connectivity index (χ3n) is 0.824. The van der Waals surface area contributed by atoms with Crippen molar-refractivity contribution in [3.05, 3.63) is 0 Å². The Labute approximate surface area is 63.3 Å². The lowest BCUT2D eigenvalue weighted by atomic mass is 11.0.